The van der Waals surface area contributed by atoms with E-state index in [0.29, 0.717) is 0 Å². The second kappa shape index (κ2) is 5.26. The van der Waals surface area contributed by atoms with E-state index in [9.17, 15) is 0 Å². The average Bonchev–Trinajstić information content (AvgIpc) is 2.56. The van der Waals surface area contributed by atoms with E-state index < -0.39 is 0 Å². The summed E-state index contributed by atoms with van der Waals surface area (Å²) in [4.78, 5) is 1.07. The highest BCUT2D eigenvalue weighted by Crippen LogP contribution is 2.38. The number of halogens is 2. The smallest absolute Gasteiger partial charge is 0.108 e. The van der Waals surface area contributed by atoms with Crippen molar-refractivity contribution in [2.45, 2.75) is 10.6 Å². The van der Waals surface area contributed by atoms with Gasteiger partial charge in [0.2, 0.25) is 0 Å². The number of hydrogen-bond donors (Lipinski definition) is 0. The second-order valence-corrected chi connectivity index (χ2v) is 6.27. The summed E-state index contributed by atoms with van der Waals surface area (Å²) in [7, 11) is 0. The first-order valence-corrected chi connectivity index (χ1v) is 6.93. The largest absolute Gasteiger partial charge is 0.119 e. The van der Waals surface area contributed by atoms with Gasteiger partial charge in [0, 0.05) is 10.6 Å². The molecule has 0 amide bonds. The molecule has 0 atom stereocenters. The van der Waals surface area contributed by atoms with E-state index in [-0.39, 0.29) is 0 Å². The van der Waals surface area contributed by atoms with Crippen LogP contribution in [-0.4, -0.2) is 0 Å². The summed E-state index contributed by atoms with van der Waals surface area (Å²) < 4.78 is 1.52. The van der Waals surface area contributed by atoms with Crippen LogP contribution in [0.25, 0.3) is 0 Å². The zero-order chi connectivity index (χ0) is 10.7. The lowest BCUT2D eigenvalue weighted by molar-refractivity contribution is 1.40. The maximum Gasteiger partial charge on any atom is 0.108 e. The Balaban J connectivity index is 2.02. The van der Waals surface area contributed by atoms with Gasteiger partial charge in [0.25, 0.3) is 0 Å². The predicted octanol–water partition coefficient (Wildman–Crippen LogP) is 5.35. The zero-order valence-electron chi connectivity index (χ0n) is 7.74. The van der Waals surface area contributed by atoms with Crippen LogP contribution in [0.1, 0.15) is 5.56 Å². The second-order valence-electron chi connectivity index (χ2n) is 2.96. The molecule has 0 saturated heterocycles. The van der Waals surface area contributed by atoms with Gasteiger partial charge in [-0.15, -0.1) is 23.1 Å². The van der Waals surface area contributed by atoms with Gasteiger partial charge in [-0.25, -0.2) is 0 Å². The van der Waals surface area contributed by atoms with Crippen molar-refractivity contribution in [1.29, 1.82) is 0 Å². The summed E-state index contributed by atoms with van der Waals surface area (Å²) in [5.74, 6) is 0.924. The minimum Gasteiger partial charge on any atom is -0.119 e. The fourth-order valence-electron chi connectivity index (χ4n) is 1.16. The lowest BCUT2D eigenvalue weighted by Gasteiger charge is -1.99. The van der Waals surface area contributed by atoms with E-state index in [4.69, 9.17) is 23.2 Å². The maximum absolute atomic E-state index is 6.02. The first-order valence-electron chi connectivity index (χ1n) is 4.37. The van der Waals surface area contributed by atoms with Gasteiger partial charge >= 0.3 is 0 Å². The molecule has 2 rings (SSSR count). The van der Waals surface area contributed by atoms with Crippen molar-refractivity contribution >= 4 is 46.3 Å². The summed E-state index contributed by atoms with van der Waals surface area (Å²) in [6.07, 6.45) is 0. The Hall–Kier alpha value is -0.150. The highest BCUT2D eigenvalue weighted by molar-refractivity contribution is 7.98. The number of rotatable bonds is 3. The standard InChI is InChI=1S/C11H8Cl2S2/c12-10-6-9(11(13)15-10)14-7-8-4-2-1-3-5-8/h1-6H,7H2. The van der Waals surface area contributed by atoms with Gasteiger partial charge in [0.1, 0.15) is 4.34 Å². The Morgan fingerprint density at radius 2 is 1.87 bits per heavy atom. The molecule has 1 aromatic heterocycles. The minimum absolute atomic E-state index is 0.746. The number of thioether (sulfide) groups is 1. The summed E-state index contributed by atoms with van der Waals surface area (Å²) in [6, 6.07) is 12.2. The highest BCUT2D eigenvalue weighted by atomic mass is 35.5. The Labute approximate surface area is 107 Å². The molecule has 0 N–H and O–H groups in total. The molecule has 0 aliphatic heterocycles. The van der Waals surface area contributed by atoms with Crippen LogP contribution < -0.4 is 0 Å². The van der Waals surface area contributed by atoms with Crippen molar-refractivity contribution < 1.29 is 0 Å². The molecule has 0 nitrogen and oxygen atoms in total. The van der Waals surface area contributed by atoms with Crippen molar-refractivity contribution in [3.63, 3.8) is 0 Å². The van der Waals surface area contributed by atoms with Crippen LogP contribution in [0.2, 0.25) is 8.67 Å². The molecule has 1 aromatic carbocycles. The number of hydrogen-bond acceptors (Lipinski definition) is 2. The van der Waals surface area contributed by atoms with Crippen LogP contribution >= 0.6 is 46.3 Å². The third kappa shape index (κ3) is 3.15. The van der Waals surface area contributed by atoms with Crippen molar-refractivity contribution in [2.24, 2.45) is 0 Å². The van der Waals surface area contributed by atoms with Crippen LogP contribution in [0.15, 0.2) is 41.3 Å². The van der Waals surface area contributed by atoms with Crippen LogP contribution in [0.3, 0.4) is 0 Å². The number of thiophene rings is 1. The average molecular weight is 275 g/mol. The lowest BCUT2D eigenvalue weighted by Crippen LogP contribution is -1.77. The summed E-state index contributed by atoms with van der Waals surface area (Å²) >= 11 is 15.0. The van der Waals surface area contributed by atoms with E-state index in [1.54, 1.807) is 11.8 Å². The third-order valence-corrected chi connectivity index (χ3v) is 4.70. The van der Waals surface area contributed by atoms with Gasteiger partial charge in [-0.3, -0.25) is 0 Å². The molecule has 0 spiro atoms. The van der Waals surface area contributed by atoms with Crippen molar-refractivity contribution in [3.8, 4) is 0 Å². The van der Waals surface area contributed by atoms with Crippen molar-refractivity contribution in [3.05, 3.63) is 50.6 Å². The van der Waals surface area contributed by atoms with Gasteiger partial charge in [-0.05, 0) is 11.6 Å². The topological polar surface area (TPSA) is 0 Å². The Morgan fingerprint density at radius 3 is 2.47 bits per heavy atom. The molecular weight excluding hydrogens is 267 g/mol. The van der Waals surface area contributed by atoms with Crippen molar-refractivity contribution in [1.82, 2.24) is 0 Å². The summed E-state index contributed by atoms with van der Waals surface area (Å²) in [5, 5.41) is 0. The maximum atomic E-state index is 6.02. The molecule has 0 fully saturated rings. The first-order chi connectivity index (χ1) is 7.25. The molecule has 0 aliphatic rings. The molecule has 4 heteroatoms. The molecule has 78 valence electrons. The zero-order valence-corrected chi connectivity index (χ0v) is 10.9. The SMILES string of the molecule is Clc1cc(SCc2ccccc2)c(Cl)s1. The first kappa shape index (κ1) is 11.3. The molecule has 1 heterocycles. The molecule has 2 aromatic rings. The Morgan fingerprint density at radius 1 is 1.13 bits per heavy atom. The van der Waals surface area contributed by atoms with Crippen LogP contribution in [0, 0.1) is 0 Å². The van der Waals surface area contributed by atoms with Gasteiger partial charge in [0.05, 0.1) is 4.34 Å². The lowest BCUT2D eigenvalue weighted by atomic mass is 10.2. The molecule has 0 aliphatic carbocycles. The van der Waals surface area contributed by atoms with E-state index in [2.05, 4.69) is 12.1 Å². The number of benzene rings is 1. The van der Waals surface area contributed by atoms with Crippen molar-refractivity contribution in [2.75, 3.05) is 0 Å². The molecule has 0 bridgehead atoms. The van der Waals surface area contributed by atoms with Gasteiger partial charge in [-0.2, -0.15) is 0 Å². The van der Waals surface area contributed by atoms with E-state index in [1.165, 1.54) is 16.9 Å². The van der Waals surface area contributed by atoms with Gasteiger partial charge in [0.15, 0.2) is 0 Å². The Kier molecular flexibility index (Phi) is 3.98. The third-order valence-electron chi connectivity index (χ3n) is 1.86. The highest BCUT2D eigenvalue weighted by Gasteiger charge is 2.06. The fraction of sp³-hybridized carbons (Fsp3) is 0.0909. The molecule has 0 radical (unpaired) electrons. The normalized spacial score (nSPS) is 10.5. The van der Waals surface area contributed by atoms with Crippen LogP contribution in [0.5, 0.6) is 0 Å². The monoisotopic (exact) mass is 274 g/mol. The fourth-order valence-corrected chi connectivity index (χ4v) is 3.86. The predicted molar refractivity (Wildman–Crippen MR) is 70.3 cm³/mol. The van der Waals surface area contributed by atoms with Crippen LogP contribution in [0.4, 0.5) is 0 Å². The Bertz CT molecular complexity index is 437. The molecule has 0 unspecified atom stereocenters. The molecule has 0 saturated carbocycles. The van der Waals surface area contributed by atoms with E-state index in [0.717, 1.165) is 19.3 Å². The van der Waals surface area contributed by atoms with Gasteiger partial charge in [-0.1, -0.05) is 53.5 Å². The molecular formula is C11H8Cl2S2. The van der Waals surface area contributed by atoms with Gasteiger partial charge < -0.3 is 0 Å². The minimum atomic E-state index is 0.746. The molecule has 15 heavy (non-hydrogen) atoms. The van der Waals surface area contributed by atoms with Crippen LogP contribution in [-0.2, 0) is 5.75 Å². The summed E-state index contributed by atoms with van der Waals surface area (Å²) in [6.45, 7) is 0. The van der Waals surface area contributed by atoms with E-state index >= 15 is 0 Å². The van der Waals surface area contributed by atoms with E-state index in [1.807, 2.05) is 24.3 Å². The summed E-state index contributed by atoms with van der Waals surface area (Å²) in [5.41, 5.74) is 1.29. The quantitative estimate of drug-likeness (QED) is 0.681.